The fourth-order valence-electron chi connectivity index (χ4n) is 2.61. The van der Waals surface area contributed by atoms with Gasteiger partial charge in [-0.25, -0.2) is 4.39 Å². The Hall–Kier alpha value is -2.11. The summed E-state index contributed by atoms with van der Waals surface area (Å²) in [7, 11) is 1.41. The summed E-state index contributed by atoms with van der Waals surface area (Å²) in [5.41, 5.74) is 0.421. The largest absolute Gasteiger partial charge is 0.494 e. The zero-order valence-corrected chi connectivity index (χ0v) is 11.8. The molecule has 114 valence electrons. The molecule has 0 atom stereocenters. The lowest BCUT2D eigenvalue weighted by Gasteiger charge is -2.25. The maximum absolute atomic E-state index is 13.1. The monoisotopic (exact) mass is 295 g/mol. The lowest BCUT2D eigenvalue weighted by Crippen LogP contribution is -2.29. The number of aliphatic carboxylic acids is 1. The quantitative estimate of drug-likeness (QED) is 0.895. The smallest absolute Gasteiger partial charge is 0.306 e. The Bertz CT molecular complexity index is 538. The summed E-state index contributed by atoms with van der Waals surface area (Å²) in [6.07, 6.45) is 2.11. The Morgan fingerprint density at radius 3 is 2.43 bits per heavy atom. The third-order valence-electron chi connectivity index (χ3n) is 3.87. The molecular weight excluding hydrogens is 277 g/mol. The number of carbonyl (C=O) groups excluding carboxylic acids is 1. The van der Waals surface area contributed by atoms with Crippen LogP contribution in [0.3, 0.4) is 0 Å². The minimum atomic E-state index is -0.797. The first-order chi connectivity index (χ1) is 10.0. The van der Waals surface area contributed by atoms with E-state index in [1.807, 2.05) is 0 Å². The van der Waals surface area contributed by atoms with Gasteiger partial charge in [-0.05, 0) is 37.8 Å². The number of benzene rings is 1. The van der Waals surface area contributed by atoms with Crippen molar-refractivity contribution >= 4 is 17.6 Å². The lowest BCUT2D eigenvalue weighted by atomic mass is 9.81. The van der Waals surface area contributed by atoms with Crippen LogP contribution in [0.2, 0.25) is 0 Å². The van der Waals surface area contributed by atoms with Gasteiger partial charge in [-0.2, -0.15) is 0 Å². The lowest BCUT2D eigenvalue weighted by molar-refractivity contribution is -0.143. The summed E-state index contributed by atoms with van der Waals surface area (Å²) in [6.45, 7) is 0. The minimum Gasteiger partial charge on any atom is -0.494 e. The first-order valence-electron chi connectivity index (χ1n) is 6.88. The van der Waals surface area contributed by atoms with Crippen LogP contribution in [0.15, 0.2) is 18.2 Å². The summed E-state index contributed by atoms with van der Waals surface area (Å²) in [5, 5.41) is 11.7. The highest BCUT2D eigenvalue weighted by atomic mass is 19.1. The summed E-state index contributed by atoms with van der Waals surface area (Å²) < 4.78 is 18.1. The van der Waals surface area contributed by atoms with Crippen molar-refractivity contribution in [2.45, 2.75) is 25.7 Å². The molecule has 0 bridgehead atoms. The molecule has 0 unspecified atom stereocenters. The second kappa shape index (κ2) is 6.56. The molecule has 1 amide bonds. The summed E-state index contributed by atoms with van der Waals surface area (Å²) in [4.78, 5) is 23.1. The maximum atomic E-state index is 13.1. The molecule has 1 fully saturated rings. The molecule has 5 nitrogen and oxygen atoms in total. The van der Waals surface area contributed by atoms with Gasteiger partial charge in [0.25, 0.3) is 0 Å². The van der Waals surface area contributed by atoms with E-state index in [0.29, 0.717) is 31.4 Å². The van der Waals surface area contributed by atoms with Crippen molar-refractivity contribution in [2.24, 2.45) is 11.8 Å². The molecule has 0 aliphatic heterocycles. The van der Waals surface area contributed by atoms with E-state index in [9.17, 15) is 14.0 Å². The van der Waals surface area contributed by atoms with Crippen LogP contribution in [0.4, 0.5) is 10.1 Å². The van der Waals surface area contributed by atoms with E-state index < -0.39 is 11.8 Å². The molecule has 21 heavy (non-hydrogen) atoms. The highest BCUT2D eigenvalue weighted by Gasteiger charge is 2.30. The average Bonchev–Trinajstić information content (AvgIpc) is 2.49. The van der Waals surface area contributed by atoms with Crippen LogP contribution >= 0.6 is 0 Å². The molecule has 0 saturated heterocycles. The van der Waals surface area contributed by atoms with Gasteiger partial charge >= 0.3 is 5.97 Å². The maximum Gasteiger partial charge on any atom is 0.306 e. The molecule has 0 spiro atoms. The van der Waals surface area contributed by atoms with E-state index in [1.54, 1.807) is 0 Å². The number of carbonyl (C=O) groups is 2. The van der Waals surface area contributed by atoms with Gasteiger partial charge < -0.3 is 15.2 Å². The van der Waals surface area contributed by atoms with Gasteiger partial charge in [0.15, 0.2) is 0 Å². The number of halogens is 1. The molecule has 2 rings (SSSR count). The molecule has 1 saturated carbocycles. The predicted octanol–water partition coefficient (Wildman–Crippen LogP) is 2.66. The topological polar surface area (TPSA) is 75.6 Å². The molecule has 1 aromatic rings. The fourth-order valence-corrected chi connectivity index (χ4v) is 2.61. The van der Waals surface area contributed by atoms with Crippen LogP contribution in [-0.2, 0) is 9.59 Å². The van der Waals surface area contributed by atoms with Gasteiger partial charge in [0.05, 0.1) is 18.7 Å². The molecule has 6 heteroatoms. The van der Waals surface area contributed by atoms with Gasteiger partial charge in [0.2, 0.25) is 5.91 Å². The van der Waals surface area contributed by atoms with Crippen molar-refractivity contribution in [2.75, 3.05) is 12.4 Å². The second-order valence-electron chi connectivity index (χ2n) is 5.22. The van der Waals surface area contributed by atoms with E-state index in [-0.39, 0.29) is 23.5 Å². The Morgan fingerprint density at radius 2 is 1.86 bits per heavy atom. The molecule has 1 aromatic carbocycles. The Kier molecular flexibility index (Phi) is 4.77. The third kappa shape index (κ3) is 3.71. The SMILES string of the molecule is COc1cc(F)ccc1NC(=O)C1CCC(C(=O)O)CC1. The van der Waals surface area contributed by atoms with Crippen LogP contribution < -0.4 is 10.1 Å². The first-order valence-corrected chi connectivity index (χ1v) is 6.88. The Morgan fingerprint density at radius 1 is 1.24 bits per heavy atom. The Balaban J connectivity index is 1.98. The number of carboxylic acids is 1. The average molecular weight is 295 g/mol. The van der Waals surface area contributed by atoms with E-state index >= 15 is 0 Å². The van der Waals surface area contributed by atoms with Crippen molar-refractivity contribution in [3.8, 4) is 5.75 Å². The van der Waals surface area contributed by atoms with Gasteiger partial charge in [-0.1, -0.05) is 0 Å². The predicted molar refractivity (Wildman–Crippen MR) is 74.7 cm³/mol. The molecule has 1 aliphatic rings. The minimum absolute atomic E-state index is 0.177. The number of hydrogen-bond acceptors (Lipinski definition) is 3. The van der Waals surface area contributed by atoms with Crippen LogP contribution in [0.5, 0.6) is 5.75 Å². The molecular formula is C15H18FNO4. The fraction of sp³-hybridized carbons (Fsp3) is 0.467. The van der Waals surface area contributed by atoms with Crippen LogP contribution in [-0.4, -0.2) is 24.1 Å². The molecule has 2 N–H and O–H groups in total. The second-order valence-corrected chi connectivity index (χ2v) is 5.22. The number of hydrogen-bond donors (Lipinski definition) is 2. The number of carboxylic acid groups (broad SMARTS) is 1. The van der Waals surface area contributed by atoms with Crippen molar-refractivity contribution in [1.82, 2.24) is 0 Å². The zero-order chi connectivity index (χ0) is 15.4. The summed E-state index contributed by atoms with van der Waals surface area (Å²) in [5.74, 6) is -1.71. The van der Waals surface area contributed by atoms with Crippen molar-refractivity contribution < 1.29 is 23.8 Å². The highest BCUT2D eigenvalue weighted by molar-refractivity contribution is 5.94. The molecule has 0 radical (unpaired) electrons. The van der Waals surface area contributed by atoms with Crippen molar-refractivity contribution in [1.29, 1.82) is 0 Å². The van der Waals surface area contributed by atoms with Crippen molar-refractivity contribution in [3.63, 3.8) is 0 Å². The number of rotatable bonds is 4. The van der Waals surface area contributed by atoms with Gasteiger partial charge in [-0.3, -0.25) is 9.59 Å². The summed E-state index contributed by atoms with van der Waals surface area (Å²) >= 11 is 0. The summed E-state index contributed by atoms with van der Waals surface area (Å²) in [6, 6.07) is 3.91. The van der Waals surface area contributed by atoms with Crippen LogP contribution in [0.25, 0.3) is 0 Å². The van der Waals surface area contributed by atoms with Gasteiger partial charge in [0, 0.05) is 12.0 Å². The highest BCUT2D eigenvalue weighted by Crippen LogP contribution is 2.31. The van der Waals surface area contributed by atoms with E-state index in [0.717, 1.165) is 0 Å². The number of amides is 1. The normalized spacial score (nSPS) is 21.6. The van der Waals surface area contributed by atoms with E-state index in [2.05, 4.69) is 5.32 Å². The van der Waals surface area contributed by atoms with Gasteiger partial charge in [0.1, 0.15) is 11.6 Å². The standard InChI is InChI=1S/C15H18FNO4/c1-21-13-8-11(16)6-7-12(13)17-14(18)9-2-4-10(5-3-9)15(19)20/h6-10H,2-5H2,1H3,(H,17,18)(H,19,20). The van der Waals surface area contributed by atoms with Crippen LogP contribution in [0, 0.1) is 17.7 Å². The molecule has 1 aliphatic carbocycles. The van der Waals surface area contributed by atoms with Crippen LogP contribution in [0.1, 0.15) is 25.7 Å². The number of anilines is 1. The number of nitrogens with one attached hydrogen (secondary N) is 1. The first kappa shape index (κ1) is 15.3. The third-order valence-corrected chi connectivity index (χ3v) is 3.87. The molecule has 0 aromatic heterocycles. The van der Waals surface area contributed by atoms with E-state index in [4.69, 9.17) is 9.84 Å². The molecule has 0 heterocycles. The van der Waals surface area contributed by atoms with Crippen molar-refractivity contribution in [3.05, 3.63) is 24.0 Å². The zero-order valence-electron chi connectivity index (χ0n) is 11.8. The number of ether oxygens (including phenoxy) is 1. The number of methoxy groups -OCH3 is 1. The van der Waals surface area contributed by atoms with E-state index in [1.165, 1.54) is 25.3 Å². The Labute approximate surface area is 122 Å². The van der Waals surface area contributed by atoms with Gasteiger partial charge in [-0.15, -0.1) is 0 Å².